The minimum Gasteiger partial charge on any atom is -0.465 e. The van der Waals surface area contributed by atoms with Crippen LogP contribution >= 0.6 is 0 Å². The molecule has 0 bridgehead atoms. The molecule has 0 spiro atoms. The van der Waals surface area contributed by atoms with Crippen molar-refractivity contribution in [2.24, 2.45) is 0 Å². The van der Waals surface area contributed by atoms with Crippen molar-refractivity contribution in [1.29, 1.82) is 5.26 Å². The van der Waals surface area contributed by atoms with Gasteiger partial charge in [-0.25, -0.2) is 4.79 Å². The molecule has 2 N–H and O–H groups in total. The Bertz CT molecular complexity index is 1070. The van der Waals surface area contributed by atoms with E-state index in [1.54, 1.807) is 60.8 Å². The molecule has 7 heteroatoms. The standard InChI is InChI=1S/C21H16N4O3/c1-28-21(27)18-7-2-3-8-19(18)25-20(26)15-10-17(13-23-12-15)24-16-6-4-5-14(9-16)11-22/h2-10,12-13,24H,1H3,(H,25,26). The molecule has 138 valence electrons. The van der Waals surface area contributed by atoms with Crippen LogP contribution in [0.25, 0.3) is 0 Å². The SMILES string of the molecule is COC(=O)c1ccccc1NC(=O)c1cncc(Nc2cccc(C#N)c2)c1. The van der Waals surface area contributed by atoms with Gasteiger partial charge in [0, 0.05) is 11.9 Å². The molecule has 0 radical (unpaired) electrons. The Morgan fingerprint density at radius 2 is 1.86 bits per heavy atom. The highest BCUT2D eigenvalue weighted by Gasteiger charge is 2.14. The molecule has 1 aromatic heterocycles. The fourth-order valence-corrected chi connectivity index (χ4v) is 2.54. The van der Waals surface area contributed by atoms with Crippen LogP contribution in [-0.4, -0.2) is 24.0 Å². The third kappa shape index (κ3) is 4.31. The summed E-state index contributed by atoms with van der Waals surface area (Å²) >= 11 is 0. The molecule has 0 aliphatic rings. The topological polar surface area (TPSA) is 104 Å². The molecule has 0 aliphatic carbocycles. The molecular weight excluding hydrogens is 356 g/mol. The van der Waals surface area contributed by atoms with Gasteiger partial charge in [0.05, 0.1) is 47.4 Å². The van der Waals surface area contributed by atoms with Crippen LogP contribution in [0.2, 0.25) is 0 Å². The maximum Gasteiger partial charge on any atom is 0.339 e. The van der Waals surface area contributed by atoms with Crippen LogP contribution in [0.1, 0.15) is 26.3 Å². The van der Waals surface area contributed by atoms with Gasteiger partial charge in [0.25, 0.3) is 5.91 Å². The van der Waals surface area contributed by atoms with E-state index in [9.17, 15) is 9.59 Å². The zero-order chi connectivity index (χ0) is 19.9. The highest BCUT2D eigenvalue weighted by molar-refractivity contribution is 6.08. The van der Waals surface area contributed by atoms with Crippen molar-refractivity contribution in [3.63, 3.8) is 0 Å². The average Bonchev–Trinajstić information content (AvgIpc) is 2.74. The predicted molar refractivity (Wildman–Crippen MR) is 104 cm³/mol. The van der Waals surface area contributed by atoms with Crippen molar-refractivity contribution in [3.05, 3.63) is 83.7 Å². The van der Waals surface area contributed by atoms with Gasteiger partial charge in [-0.05, 0) is 36.4 Å². The van der Waals surface area contributed by atoms with Crippen LogP contribution in [0.15, 0.2) is 67.0 Å². The second kappa shape index (κ2) is 8.47. The smallest absolute Gasteiger partial charge is 0.339 e. The largest absolute Gasteiger partial charge is 0.465 e. The van der Waals surface area contributed by atoms with Crippen LogP contribution in [0, 0.1) is 11.3 Å². The number of benzene rings is 2. The lowest BCUT2D eigenvalue weighted by molar-refractivity contribution is 0.0602. The van der Waals surface area contributed by atoms with Gasteiger partial charge >= 0.3 is 5.97 Å². The summed E-state index contributed by atoms with van der Waals surface area (Å²) in [4.78, 5) is 28.5. The second-order valence-corrected chi connectivity index (χ2v) is 5.77. The highest BCUT2D eigenvalue weighted by Crippen LogP contribution is 2.20. The molecule has 1 heterocycles. The van der Waals surface area contributed by atoms with E-state index in [1.165, 1.54) is 13.3 Å². The van der Waals surface area contributed by atoms with E-state index >= 15 is 0 Å². The van der Waals surface area contributed by atoms with E-state index in [0.29, 0.717) is 28.2 Å². The maximum absolute atomic E-state index is 12.6. The van der Waals surface area contributed by atoms with Crippen LogP contribution in [0.3, 0.4) is 0 Å². The van der Waals surface area contributed by atoms with E-state index in [0.717, 1.165) is 0 Å². The number of hydrogen-bond donors (Lipinski definition) is 2. The third-order valence-electron chi connectivity index (χ3n) is 3.86. The van der Waals surface area contributed by atoms with E-state index in [4.69, 9.17) is 10.00 Å². The zero-order valence-electron chi connectivity index (χ0n) is 15.0. The van der Waals surface area contributed by atoms with Gasteiger partial charge in [-0.1, -0.05) is 18.2 Å². The number of carbonyl (C=O) groups excluding carboxylic acids is 2. The van der Waals surface area contributed by atoms with E-state index in [2.05, 4.69) is 21.7 Å². The van der Waals surface area contributed by atoms with Gasteiger partial charge in [-0.15, -0.1) is 0 Å². The normalized spacial score (nSPS) is 9.86. The number of esters is 1. The molecule has 0 aliphatic heterocycles. The maximum atomic E-state index is 12.6. The van der Waals surface area contributed by atoms with Crippen LogP contribution < -0.4 is 10.6 Å². The van der Waals surface area contributed by atoms with Gasteiger partial charge in [-0.3, -0.25) is 9.78 Å². The number of aromatic nitrogens is 1. The lowest BCUT2D eigenvalue weighted by atomic mass is 10.1. The third-order valence-corrected chi connectivity index (χ3v) is 3.86. The summed E-state index contributed by atoms with van der Waals surface area (Å²) in [5.74, 6) is -0.958. The van der Waals surface area contributed by atoms with Crippen molar-refractivity contribution in [3.8, 4) is 6.07 Å². The van der Waals surface area contributed by atoms with Crippen molar-refractivity contribution >= 4 is 28.9 Å². The summed E-state index contributed by atoms with van der Waals surface area (Å²) in [7, 11) is 1.28. The molecule has 0 saturated carbocycles. The highest BCUT2D eigenvalue weighted by atomic mass is 16.5. The number of carbonyl (C=O) groups is 2. The van der Waals surface area contributed by atoms with Crippen LogP contribution in [0.4, 0.5) is 17.1 Å². The number of para-hydroxylation sites is 1. The molecule has 1 amide bonds. The Labute approximate surface area is 161 Å². The first-order valence-electron chi connectivity index (χ1n) is 8.31. The summed E-state index contributed by atoms with van der Waals surface area (Å²) in [6.45, 7) is 0. The first-order valence-corrected chi connectivity index (χ1v) is 8.31. The number of rotatable bonds is 5. The summed E-state index contributed by atoms with van der Waals surface area (Å²) in [6.07, 6.45) is 2.99. The zero-order valence-corrected chi connectivity index (χ0v) is 15.0. The minimum absolute atomic E-state index is 0.258. The Morgan fingerprint density at radius 3 is 2.64 bits per heavy atom. The quantitative estimate of drug-likeness (QED) is 0.661. The summed E-state index contributed by atoms with van der Waals surface area (Å²) < 4.78 is 4.73. The van der Waals surface area contributed by atoms with Gasteiger partial charge in [0.15, 0.2) is 0 Å². The Morgan fingerprint density at radius 1 is 1.04 bits per heavy atom. The van der Waals surface area contributed by atoms with Crippen LogP contribution in [0.5, 0.6) is 0 Å². The van der Waals surface area contributed by atoms with E-state index < -0.39 is 11.9 Å². The van der Waals surface area contributed by atoms with Gasteiger partial charge in [0.1, 0.15) is 0 Å². The first kappa shape index (κ1) is 18.6. The molecule has 0 saturated heterocycles. The number of amides is 1. The molecule has 0 fully saturated rings. The fourth-order valence-electron chi connectivity index (χ4n) is 2.54. The monoisotopic (exact) mass is 372 g/mol. The number of nitriles is 1. The average molecular weight is 372 g/mol. The Hall–Kier alpha value is -4.18. The van der Waals surface area contributed by atoms with Crippen molar-refractivity contribution in [1.82, 2.24) is 4.98 Å². The Balaban J connectivity index is 1.80. The fraction of sp³-hybridized carbons (Fsp3) is 0.0476. The molecule has 0 atom stereocenters. The van der Waals surface area contributed by atoms with Gasteiger partial charge < -0.3 is 15.4 Å². The summed E-state index contributed by atoms with van der Waals surface area (Å²) in [5.41, 5.74) is 2.72. The van der Waals surface area contributed by atoms with E-state index in [1.807, 2.05) is 0 Å². The molecule has 3 aromatic rings. The number of nitrogens with zero attached hydrogens (tertiary/aromatic N) is 2. The lowest BCUT2D eigenvalue weighted by Crippen LogP contribution is -2.15. The predicted octanol–water partition coefficient (Wildman–Crippen LogP) is 3.74. The number of anilines is 3. The molecule has 0 unspecified atom stereocenters. The molecule has 7 nitrogen and oxygen atoms in total. The van der Waals surface area contributed by atoms with Crippen molar-refractivity contribution in [2.45, 2.75) is 0 Å². The minimum atomic E-state index is -0.540. The Kier molecular flexibility index (Phi) is 5.63. The van der Waals surface area contributed by atoms with Gasteiger partial charge in [0.2, 0.25) is 0 Å². The van der Waals surface area contributed by atoms with Gasteiger partial charge in [-0.2, -0.15) is 5.26 Å². The summed E-state index contributed by atoms with van der Waals surface area (Å²) in [6, 6.07) is 17.2. The molecule has 2 aromatic carbocycles. The number of methoxy groups -OCH3 is 1. The van der Waals surface area contributed by atoms with E-state index in [-0.39, 0.29) is 5.56 Å². The molecule has 28 heavy (non-hydrogen) atoms. The number of pyridine rings is 1. The summed E-state index contributed by atoms with van der Waals surface area (Å²) in [5, 5.41) is 14.8. The lowest BCUT2D eigenvalue weighted by Gasteiger charge is -2.11. The second-order valence-electron chi connectivity index (χ2n) is 5.77. The number of nitrogens with one attached hydrogen (secondary N) is 2. The van der Waals surface area contributed by atoms with Crippen LogP contribution in [-0.2, 0) is 4.74 Å². The molecular formula is C21H16N4O3. The molecule has 3 rings (SSSR count). The number of ether oxygens (including phenoxy) is 1. The van der Waals surface area contributed by atoms with Crippen molar-refractivity contribution in [2.75, 3.05) is 17.7 Å². The van der Waals surface area contributed by atoms with Crippen molar-refractivity contribution < 1.29 is 14.3 Å². The number of hydrogen-bond acceptors (Lipinski definition) is 6. The first-order chi connectivity index (χ1) is 13.6.